The molecule has 1 N–H and O–H groups in total. The Labute approximate surface area is 113 Å². The second-order valence-corrected chi connectivity index (χ2v) is 5.28. The van der Waals surface area contributed by atoms with E-state index in [4.69, 9.17) is 0 Å². The average molecular weight is 310 g/mol. The van der Waals surface area contributed by atoms with Crippen LogP contribution in [0.15, 0.2) is 46.2 Å². The van der Waals surface area contributed by atoms with Crippen molar-refractivity contribution in [2.45, 2.75) is 10.8 Å². The first kappa shape index (κ1) is 12.4. The molecule has 0 aliphatic carbocycles. The monoisotopic (exact) mass is 309 g/mol. The molecule has 2 rings (SSSR count). The molecular formula is C12H12BrN3S. The first-order valence-electron chi connectivity index (χ1n) is 5.15. The number of anilines is 1. The van der Waals surface area contributed by atoms with Crippen molar-refractivity contribution in [1.29, 1.82) is 0 Å². The van der Waals surface area contributed by atoms with Crippen LogP contribution in [0.3, 0.4) is 0 Å². The van der Waals surface area contributed by atoms with Crippen molar-refractivity contribution in [3.63, 3.8) is 0 Å². The molecule has 88 valence electrons. The smallest absolute Gasteiger partial charge is 0.129 e. The van der Waals surface area contributed by atoms with E-state index in [0.717, 1.165) is 21.1 Å². The first-order chi connectivity index (χ1) is 8.29. The number of nitrogens with zero attached hydrogens (tertiary/aromatic N) is 2. The fourth-order valence-corrected chi connectivity index (χ4v) is 2.44. The van der Waals surface area contributed by atoms with E-state index in [1.165, 1.54) is 5.56 Å². The van der Waals surface area contributed by atoms with Gasteiger partial charge in [0.05, 0.1) is 5.03 Å². The van der Waals surface area contributed by atoms with Gasteiger partial charge in [0.1, 0.15) is 5.82 Å². The number of nitrogens with one attached hydrogen (secondary N) is 1. The molecule has 2 aromatic heterocycles. The third-order valence-corrected chi connectivity index (χ3v) is 3.67. The molecule has 0 saturated carbocycles. The molecule has 2 heterocycles. The van der Waals surface area contributed by atoms with Crippen LogP contribution in [0, 0.1) is 0 Å². The summed E-state index contributed by atoms with van der Waals surface area (Å²) in [5, 5.41) is 4.10. The maximum absolute atomic E-state index is 4.32. The van der Waals surface area contributed by atoms with Crippen LogP contribution in [-0.4, -0.2) is 17.0 Å². The second-order valence-electron chi connectivity index (χ2n) is 3.36. The van der Waals surface area contributed by atoms with Crippen LogP contribution in [0.1, 0.15) is 5.56 Å². The summed E-state index contributed by atoms with van der Waals surface area (Å²) in [7, 11) is 1.88. The molecular weight excluding hydrogens is 298 g/mol. The first-order valence-corrected chi connectivity index (χ1v) is 6.93. The molecule has 0 atom stereocenters. The minimum atomic E-state index is 0.860. The highest BCUT2D eigenvalue weighted by Crippen LogP contribution is 2.24. The molecule has 0 aromatic carbocycles. The standard InChI is InChI=1S/C12H12BrN3S/c1-14-12-9(3-2-6-15-12)8-17-11-5-4-10(13)7-16-11/h2-7H,8H2,1H3,(H,14,15). The van der Waals surface area contributed by atoms with E-state index < -0.39 is 0 Å². The molecule has 3 nitrogen and oxygen atoms in total. The fourth-order valence-electron chi connectivity index (χ4n) is 1.38. The Morgan fingerprint density at radius 2 is 2.18 bits per heavy atom. The van der Waals surface area contributed by atoms with Crippen LogP contribution in [0.4, 0.5) is 5.82 Å². The maximum Gasteiger partial charge on any atom is 0.129 e. The van der Waals surface area contributed by atoms with Gasteiger partial charge in [-0.3, -0.25) is 0 Å². The van der Waals surface area contributed by atoms with E-state index in [2.05, 4.69) is 37.3 Å². The molecule has 0 aliphatic rings. The number of rotatable bonds is 4. The predicted octanol–water partition coefficient (Wildman–Crippen LogP) is 3.57. The molecule has 2 aromatic rings. The van der Waals surface area contributed by atoms with E-state index in [-0.39, 0.29) is 0 Å². The lowest BCUT2D eigenvalue weighted by Gasteiger charge is -2.06. The molecule has 5 heteroatoms. The summed E-state index contributed by atoms with van der Waals surface area (Å²) in [4.78, 5) is 8.60. The normalized spacial score (nSPS) is 10.2. The number of hydrogen-bond donors (Lipinski definition) is 1. The lowest BCUT2D eigenvalue weighted by Crippen LogP contribution is -1.96. The Morgan fingerprint density at radius 3 is 2.88 bits per heavy atom. The number of aromatic nitrogens is 2. The van der Waals surface area contributed by atoms with E-state index in [1.54, 1.807) is 18.0 Å². The van der Waals surface area contributed by atoms with Crippen molar-refractivity contribution in [3.05, 3.63) is 46.7 Å². The summed E-state index contributed by atoms with van der Waals surface area (Å²) >= 11 is 5.07. The molecule has 0 saturated heterocycles. The largest absolute Gasteiger partial charge is 0.373 e. The second kappa shape index (κ2) is 6.02. The van der Waals surface area contributed by atoms with Crippen molar-refractivity contribution < 1.29 is 0 Å². The summed E-state index contributed by atoms with van der Waals surface area (Å²) in [5.74, 6) is 1.79. The molecule has 0 radical (unpaired) electrons. The average Bonchev–Trinajstić information content (AvgIpc) is 2.38. The Morgan fingerprint density at radius 1 is 1.29 bits per heavy atom. The Bertz CT molecular complexity index is 487. The zero-order chi connectivity index (χ0) is 12.1. The minimum absolute atomic E-state index is 0.860. The van der Waals surface area contributed by atoms with Gasteiger partial charge in [0.15, 0.2) is 0 Å². The highest BCUT2D eigenvalue weighted by atomic mass is 79.9. The fraction of sp³-hybridized carbons (Fsp3) is 0.167. The molecule has 0 fully saturated rings. The molecule has 0 aliphatic heterocycles. The van der Waals surface area contributed by atoms with Gasteiger partial charge in [-0.25, -0.2) is 9.97 Å². The van der Waals surface area contributed by atoms with Gasteiger partial charge in [-0.2, -0.15) is 0 Å². The minimum Gasteiger partial charge on any atom is -0.373 e. The van der Waals surface area contributed by atoms with E-state index >= 15 is 0 Å². The van der Waals surface area contributed by atoms with Crippen LogP contribution in [-0.2, 0) is 5.75 Å². The van der Waals surface area contributed by atoms with Crippen molar-refractivity contribution in [3.8, 4) is 0 Å². The van der Waals surface area contributed by atoms with Crippen LogP contribution >= 0.6 is 27.7 Å². The van der Waals surface area contributed by atoms with Crippen LogP contribution in [0.2, 0.25) is 0 Å². The predicted molar refractivity (Wildman–Crippen MR) is 75.3 cm³/mol. The summed E-state index contributed by atoms with van der Waals surface area (Å²) in [6.07, 6.45) is 3.60. The highest BCUT2D eigenvalue weighted by Gasteiger charge is 2.02. The van der Waals surface area contributed by atoms with Gasteiger partial charge >= 0.3 is 0 Å². The number of halogens is 1. The number of thioether (sulfide) groups is 1. The molecule has 17 heavy (non-hydrogen) atoms. The van der Waals surface area contributed by atoms with Gasteiger partial charge in [-0.15, -0.1) is 11.8 Å². The quantitative estimate of drug-likeness (QED) is 0.876. The molecule has 0 unspecified atom stereocenters. The van der Waals surface area contributed by atoms with E-state index in [9.17, 15) is 0 Å². The highest BCUT2D eigenvalue weighted by molar-refractivity contribution is 9.10. The van der Waals surface area contributed by atoms with Gasteiger partial charge < -0.3 is 5.32 Å². The van der Waals surface area contributed by atoms with Crippen molar-refractivity contribution in [1.82, 2.24) is 9.97 Å². The zero-order valence-electron chi connectivity index (χ0n) is 9.35. The lowest BCUT2D eigenvalue weighted by atomic mass is 10.3. The van der Waals surface area contributed by atoms with Crippen LogP contribution in [0.25, 0.3) is 0 Å². The Kier molecular flexibility index (Phi) is 4.39. The molecule has 0 spiro atoms. The molecule has 0 amide bonds. The van der Waals surface area contributed by atoms with E-state index in [1.807, 2.05) is 31.4 Å². The van der Waals surface area contributed by atoms with E-state index in [0.29, 0.717) is 0 Å². The van der Waals surface area contributed by atoms with Gasteiger partial charge in [0, 0.05) is 35.2 Å². The van der Waals surface area contributed by atoms with Gasteiger partial charge in [0.2, 0.25) is 0 Å². The Balaban J connectivity index is 2.04. The number of pyridine rings is 2. The van der Waals surface area contributed by atoms with Crippen molar-refractivity contribution in [2.24, 2.45) is 0 Å². The zero-order valence-corrected chi connectivity index (χ0v) is 11.8. The van der Waals surface area contributed by atoms with Gasteiger partial charge in [-0.05, 0) is 34.1 Å². The Hall–Kier alpha value is -1.07. The van der Waals surface area contributed by atoms with Crippen LogP contribution < -0.4 is 5.32 Å². The third kappa shape index (κ3) is 3.44. The van der Waals surface area contributed by atoms with Gasteiger partial charge in [0.25, 0.3) is 0 Å². The van der Waals surface area contributed by atoms with Crippen molar-refractivity contribution >= 4 is 33.5 Å². The summed E-state index contributed by atoms with van der Waals surface area (Å²) in [6, 6.07) is 8.03. The summed E-state index contributed by atoms with van der Waals surface area (Å²) in [5.41, 5.74) is 1.18. The van der Waals surface area contributed by atoms with Crippen LogP contribution in [0.5, 0.6) is 0 Å². The molecule has 0 bridgehead atoms. The summed E-state index contributed by atoms with van der Waals surface area (Å²) < 4.78 is 0.999. The van der Waals surface area contributed by atoms with Crippen molar-refractivity contribution in [2.75, 3.05) is 12.4 Å². The maximum atomic E-state index is 4.32. The summed E-state index contributed by atoms with van der Waals surface area (Å²) in [6.45, 7) is 0. The SMILES string of the molecule is CNc1ncccc1CSc1ccc(Br)cn1. The number of hydrogen-bond acceptors (Lipinski definition) is 4. The third-order valence-electron chi connectivity index (χ3n) is 2.20. The van der Waals surface area contributed by atoms with Gasteiger partial charge in [-0.1, -0.05) is 6.07 Å². The topological polar surface area (TPSA) is 37.8 Å². The lowest BCUT2D eigenvalue weighted by molar-refractivity contribution is 1.12.